The first-order chi connectivity index (χ1) is 22.0. The van der Waals surface area contributed by atoms with E-state index in [0.29, 0.717) is 39.3 Å². The molecule has 0 saturated heterocycles. The molecule has 2 aliphatic rings. The van der Waals surface area contributed by atoms with E-state index in [9.17, 15) is 22.6 Å². The Morgan fingerprint density at radius 2 is 1.72 bits per heavy atom. The zero-order valence-corrected chi connectivity index (χ0v) is 25.7. The summed E-state index contributed by atoms with van der Waals surface area (Å²) < 4.78 is 58.1. The third-order valence-electron chi connectivity index (χ3n) is 8.42. The Hall–Kier alpha value is -4.49. The molecule has 1 aromatic heterocycles. The molecule has 0 spiro atoms. The lowest BCUT2D eigenvalue weighted by Crippen LogP contribution is -2.30. The molecule has 12 heteroatoms. The maximum absolute atomic E-state index is 13.3. The number of carbonyl (C=O) groups excluding carboxylic acids is 1. The standard InChI is InChI=1S/C34H30BFN2O7S/c1-46(41,42)38(17-20-2-13-30-24(14-20)19-43-35(30)40)18-23-15-31-29(16-28(23)21-3-4-21)32(34(37)39)33(45-31)22-5-9-26(10-6-22)44-27-11-7-25(36)8-12-27/h2,5-16,21,40H,3-4,17-19H2,1H3,(H2,37,39). The number of rotatable bonds is 10. The van der Waals surface area contributed by atoms with Crippen molar-refractivity contribution in [3.8, 4) is 22.8 Å². The van der Waals surface area contributed by atoms with Crippen molar-refractivity contribution in [3.05, 3.63) is 112 Å². The van der Waals surface area contributed by atoms with E-state index in [1.807, 2.05) is 18.2 Å². The van der Waals surface area contributed by atoms with Crippen molar-refractivity contribution in [2.45, 2.75) is 38.5 Å². The predicted octanol–water partition coefficient (Wildman–Crippen LogP) is 5.19. The van der Waals surface area contributed by atoms with Crippen LogP contribution in [0, 0.1) is 5.82 Å². The van der Waals surface area contributed by atoms with E-state index in [-0.39, 0.29) is 37.0 Å². The van der Waals surface area contributed by atoms with Gasteiger partial charge in [-0.05, 0) is 107 Å². The lowest BCUT2D eigenvalue weighted by atomic mass is 9.79. The van der Waals surface area contributed by atoms with Crippen LogP contribution in [0.4, 0.5) is 4.39 Å². The molecule has 2 heterocycles. The number of amides is 1. The van der Waals surface area contributed by atoms with Crippen molar-refractivity contribution in [2.75, 3.05) is 6.26 Å². The smallest absolute Gasteiger partial charge is 0.457 e. The Labute approximate surface area is 265 Å². The van der Waals surface area contributed by atoms with Crippen LogP contribution in [0.25, 0.3) is 22.3 Å². The number of sulfonamides is 1. The minimum Gasteiger partial charge on any atom is -0.457 e. The number of primary amides is 1. The van der Waals surface area contributed by atoms with Gasteiger partial charge in [-0.2, -0.15) is 4.31 Å². The molecule has 1 saturated carbocycles. The summed E-state index contributed by atoms with van der Waals surface area (Å²) in [5.74, 6) is 0.526. The molecule has 4 aromatic carbocycles. The molecule has 9 nitrogen and oxygen atoms in total. The second kappa shape index (κ2) is 11.7. The van der Waals surface area contributed by atoms with E-state index >= 15 is 0 Å². The lowest BCUT2D eigenvalue weighted by molar-refractivity contribution is 0.100. The third kappa shape index (κ3) is 6.04. The first-order valence-electron chi connectivity index (χ1n) is 14.8. The number of nitrogens with zero attached hydrogens (tertiary/aromatic N) is 1. The molecule has 5 aromatic rings. The number of carbonyl (C=O) groups is 1. The minimum atomic E-state index is -3.63. The molecular weight excluding hydrogens is 610 g/mol. The number of nitrogens with two attached hydrogens (primary N) is 1. The topological polar surface area (TPSA) is 132 Å². The monoisotopic (exact) mass is 640 g/mol. The van der Waals surface area contributed by atoms with Gasteiger partial charge in [0.1, 0.15) is 28.7 Å². The highest BCUT2D eigenvalue weighted by molar-refractivity contribution is 7.88. The van der Waals surface area contributed by atoms with Gasteiger partial charge in [-0.3, -0.25) is 4.79 Å². The normalized spacial score (nSPS) is 14.7. The largest absolute Gasteiger partial charge is 0.491 e. The molecule has 0 atom stereocenters. The van der Waals surface area contributed by atoms with Crippen LogP contribution in [-0.2, 0) is 34.4 Å². The highest BCUT2D eigenvalue weighted by atomic mass is 32.2. The van der Waals surface area contributed by atoms with Crippen LogP contribution in [-0.4, -0.2) is 37.0 Å². The van der Waals surface area contributed by atoms with Gasteiger partial charge < -0.3 is 24.6 Å². The van der Waals surface area contributed by atoms with E-state index in [1.54, 1.807) is 36.4 Å². The molecule has 0 radical (unpaired) electrons. The molecule has 0 unspecified atom stereocenters. The summed E-state index contributed by atoms with van der Waals surface area (Å²) in [6, 6.07) is 21.8. The average molecular weight is 640 g/mol. The maximum Gasteiger partial charge on any atom is 0.491 e. The summed E-state index contributed by atoms with van der Waals surface area (Å²) >= 11 is 0. The first kappa shape index (κ1) is 30.2. The molecule has 1 amide bonds. The number of fused-ring (bicyclic) bond motifs is 2. The van der Waals surface area contributed by atoms with Gasteiger partial charge in [0, 0.05) is 24.0 Å². The van der Waals surface area contributed by atoms with Gasteiger partial charge in [0.15, 0.2) is 0 Å². The van der Waals surface area contributed by atoms with Crippen LogP contribution in [0.15, 0.2) is 83.3 Å². The Morgan fingerprint density at radius 1 is 1.02 bits per heavy atom. The number of ether oxygens (including phenoxy) is 1. The van der Waals surface area contributed by atoms with Crippen LogP contribution in [0.5, 0.6) is 11.5 Å². The van der Waals surface area contributed by atoms with Gasteiger partial charge >= 0.3 is 7.12 Å². The molecule has 7 rings (SSSR count). The zero-order chi connectivity index (χ0) is 32.2. The molecule has 1 aliphatic carbocycles. The third-order valence-corrected chi connectivity index (χ3v) is 9.62. The van der Waals surface area contributed by atoms with Gasteiger partial charge in [-0.1, -0.05) is 18.2 Å². The molecule has 1 aliphatic heterocycles. The van der Waals surface area contributed by atoms with Gasteiger partial charge in [-0.15, -0.1) is 0 Å². The molecule has 0 bridgehead atoms. The molecule has 46 heavy (non-hydrogen) atoms. The summed E-state index contributed by atoms with van der Waals surface area (Å²) in [6.07, 6.45) is 3.09. The predicted molar refractivity (Wildman–Crippen MR) is 172 cm³/mol. The summed E-state index contributed by atoms with van der Waals surface area (Å²) in [4.78, 5) is 12.8. The number of hydrogen-bond donors (Lipinski definition) is 2. The van der Waals surface area contributed by atoms with Crippen molar-refractivity contribution in [2.24, 2.45) is 5.73 Å². The quantitative estimate of drug-likeness (QED) is 0.201. The van der Waals surface area contributed by atoms with Crippen molar-refractivity contribution < 1.29 is 36.4 Å². The van der Waals surface area contributed by atoms with E-state index < -0.39 is 23.0 Å². The molecule has 3 N–H and O–H groups in total. The number of benzene rings is 4. The second-order valence-corrected chi connectivity index (χ2v) is 13.8. The highest BCUT2D eigenvalue weighted by Gasteiger charge is 2.32. The van der Waals surface area contributed by atoms with Gasteiger partial charge in [0.2, 0.25) is 10.0 Å². The fourth-order valence-electron chi connectivity index (χ4n) is 5.94. The summed E-state index contributed by atoms with van der Waals surface area (Å²) in [5, 5.41) is 10.5. The Morgan fingerprint density at radius 3 is 2.37 bits per heavy atom. The van der Waals surface area contributed by atoms with Crippen LogP contribution < -0.4 is 15.9 Å². The molecular formula is C34H30BFN2O7S. The minimum absolute atomic E-state index is 0.105. The number of hydrogen-bond acceptors (Lipinski definition) is 7. The van der Waals surface area contributed by atoms with E-state index in [2.05, 4.69) is 0 Å². The Balaban J connectivity index is 1.22. The van der Waals surface area contributed by atoms with Crippen LogP contribution in [0.3, 0.4) is 0 Å². The summed E-state index contributed by atoms with van der Waals surface area (Å²) in [5.41, 5.74) is 11.2. The van der Waals surface area contributed by atoms with Crippen molar-refractivity contribution in [1.82, 2.24) is 4.31 Å². The van der Waals surface area contributed by atoms with Crippen molar-refractivity contribution in [1.29, 1.82) is 0 Å². The molecule has 234 valence electrons. The lowest BCUT2D eigenvalue weighted by Gasteiger charge is -2.22. The van der Waals surface area contributed by atoms with E-state index in [4.69, 9.17) is 19.5 Å². The average Bonchev–Trinajstić information content (AvgIpc) is 3.70. The summed E-state index contributed by atoms with van der Waals surface area (Å²) in [7, 11) is -4.61. The SMILES string of the molecule is CS(=O)(=O)N(Cc1ccc2c(c1)COB2O)Cc1cc2oc(-c3ccc(Oc4ccc(F)cc4)cc3)c(C(N)=O)c2cc1C1CC1. The van der Waals surface area contributed by atoms with Gasteiger partial charge in [0.05, 0.1) is 18.4 Å². The first-order valence-corrected chi connectivity index (χ1v) is 16.7. The van der Waals surface area contributed by atoms with Gasteiger partial charge in [-0.25, -0.2) is 12.8 Å². The zero-order valence-electron chi connectivity index (χ0n) is 24.9. The second-order valence-electron chi connectivity index (χ2n) is 11.8. The van der Waals surface area contributed by atoms with Crippen LogP contribution in [0.1, 0.15) is 51.4 Å². The van der Waals surface area contributed by atoms with Crippen LogP contribution >= 0.6 is 0 Å². The van der Waals surface area contributed by atoms with E-state index in [0.717, 1.165) is 35.1 Å². The Bertz CT molecular complexity index is 2080. The van der Waals surface area contributed by atoms with Crippen molar-refractivity contribution >= 4 is 39.5 Å². The Kier molecular flexibility index (Phi) is 7.68. The van der Waals surface area contributed by atoms with Crippen LogP contribution in [0.2, 0.25) is 0 Å². The summed E-state index contributed by atoms with van der Waals surface area (Å²) in [6.45, 7) is 0.500. The fourth-order valence-corrected chi connectivity index (χ4v) is 6.70. The highest BCUT2D eigenvalue weighted by Crippen LogP contribution is 2.45. The maximum atomic E-state index is 13.3. The fraction of sp³-hybridized carbons (Fsp3) is 0.206. The van der Waals surface area contributed by atoms with Crippen molar-refractivity contribution in [3.63, 3.8) is 0 Å². The van der Waals surface area contributed by atoms with Gasteiger partial charge in [0.25, 0.3) is 5.91 Å². The number of halogens is 1. The number of furan rings is 1. The molecule has 1 fully saturated rings. The van der Waals surface area contributed by atoms with E-state index in [1.165, 1.54) is 34.8 Å².